The predicted octanol–water partition coefficient (Wildman–Crippen LogP) is 2.76. The number of nitrogens with zero attached hydrogens (tertiary/aromatic N) is 4. The van der Waals surface area contributed by atoms with Gasteiger partial charge in [0.2, 0.25) is 0 Å². The van der Waals surface area contributed by atoms with E-state index in [1.54, 1.807) is 0 Å². The Kier molecular flexibility index (Phi) is 7.89. The molecule has 1 aliphatic rings. The van der Waals surface area contributed by atoms with E-state index in [-0.39, 0.29) is 0 Å². The van der Waals surface area contributed by atoms with Crippen LogP contribution in [0.15, 0.2) is 36.7 Å². The summed E-state index contributed by atoms with van der Waals surface area (Å²) in [5.74, 6) is 1.90. The maximum atomic E-state index is 10.2. The first-order valence-corrected chi connectivity index (χ1v) is 10.4. The molecule has 6 nitrogen and oxygen atoms in total. The maximum absolute atomic E-state index is 10.2. The summed E-state index contributed by atoms with van der Waals surface area (Å²) in [4.78, 5) is 9.03. The summed E-state index contributed by atoms with van der Waals surface area (Å²) in [5, 5.41) is 10.2. The Balaban J connectivity index is 1.41. The predicted molar refractivity (Wildman–Crippen MR) is 111 cm³/mol. The smallest absolute Gasteiger partial charge is 0.122 e. The van der Waals surface area contributed by atoms with Gasteiger partial charge in [-0.05, 0) is 57.6 Å². The third-order valence-electron chi connectivity index (χ3n) is 5.29. The first-order chi connectivity index (χ1) is 13.6. The fraction of sp³-hybridized carbons (Fsp3) is 0.591. The molecule has 28 heavy (non-hydrogen) atoms. The molecule has 1 atom stereocenters. The molecule has 0 unspecified atom stereocenters. The van der Waals surface area contributed by atoms with Gasteiger partial charge in [0, 0.05) is 32.0 Å². The number of imidazole rings is 1. The van der Waals surface area contributed by atoms with E-state index in [0.29, 0.717) is 13.2 Å². The van der Waals surface area contributed by atoms with Gasteiger partial charge in [0.25, 0.3) is 0 Å². The van der Waals surface area contributed by atoms with Crippen molar-refractivity contribution >= 4 is 0 Å². The van der Waals surface area contributed by atoms with Crippen LogP contribution in [0.3, 0.4) is 0 Å². The standard InChI is InChI=1S/C22H34N4O2/c1-3-26-14-11-23-22(26)17-24(2)15-19-7-9-21(10-8-19)28-18-20(27)16-25-12-5-4-6-13-25/h7-11,14,20,27H,3-6,12-13,15-18H2,1-2H3/t20-/m1/s1. The van der Waals surface area contributed by atoms with Crippen LogP contribution in [0.25, 0.3) is 0 Å². The van der Waals surface area contributed by atoms with E-state index in [4.69, 9.17) is 4.74 Å². The average Bonchev–Trinajstić information content (AvgIpc) is 3.15. The van der Waals surface area contributed by atoms with Gasteiger partial charge >= 0.3 is 0 Å². The summed E-state index contributed by atoms with van der Waals surface area (Å²) in [6, 6.07) is 8.16. The molecule has 0 aliphatic carbocycles. The molecular formula is C22H34N4O2. The van der Waals surface area contributed by atoms with Crippen LogP contribution in [0.4, 0.5) is 0 Å². The number of likely N-dealkylation sites (tertiary alicyclic amines) is 1. The lowest BCUT2D eigenvalue weighted by molar-refractivity contribution is 0.0617. The van der Waals surface area contributed by atoms with Crippen molar-refractivity contribution in [1.29, 1.82) is 0 Å². The van der Waals surface area contributed by atoms with E-state index in [0.717, 1.165) is 44.3 Å². The van der Waals surface area contributed by atoms with Gasteiger partial charge in [-0.25, -0.2) is 4.98 Å². The number of benzene rings is 1. The summed E-state index contributed by atoms with van der Waals surface area (Å²) < 4.78 is 7.95. The van der Waals surface area contributed by atoms with Crippen LogP contribution in [0, 0.1) is 0 Å². The van der Waals surface area contributed by atoms with Crippen molar-refractivity contribution < 1.29 is 9.84 Å². The number of β-amino-alcohol motifs (C(OH)–C–C–N with tert-alkyl or cyclic N) is 1. The van der Waals surface area contributed by atoms with Gasteiger partial charge in [0.15, 0.2) is 0 Å². The lowest BCUT2D eigenvalue weighted by atomic mass is 10.1. The van der Waals surface area contributed by atoms with Crippen LogP contribution in [-0.4, -0.2) is 63.9 Å². The van der Waals surface area contributed by atoms with Crippen LogP contribution in [0.5, 0.6) is 5.75 Å². The van der Waals surface area contributed by atoms with Crippen LogP contribution in [-0.2, 0) is 19.6 Å². The van der Waals surface area contributed by atoms with Crippen molar-refractivity contribution in [1.82, 2.24) is 19.4 Å². The summed E-state index contributed by atoms with van der Waals surface area (Å²) in [7, 11) is 2.11. The molecule has 1 aliphatic heterocycles. The number of hydrogen-bond donors (Lipinski definition) is 1. The topological polar surface area (TPSA) is 53.8 Å². The van der Waals surface area contributed by atoms with E-state index < -0.39 is 6.10 Å². The third-order valence-corrected chi connectivity index (χ3v) is 5.29. The lowest BCUT2D eigenvalue weighted by Crippen LogP contribution is -2.38. The zero-order chi connectivity index (χ0) is 19.8. The van der Waals surface area contributed by atoms with E-state index in [1.807, 2.05) is 24.5 Å². The van der Waals surface area contributed by atoms with Gasteiger partial charge in [-0.3, -0.25) is 4.90 Å². The van der Waals surface area contributed by atoms with Crippen molar-refractivity contribution in [2.24, 2.45) is 0 Å². The number of ether oxygens (including phenoxy) is 1. The summed E-state index contributed by atoms with van der Waals surface area (Å²) in [6.07, 6.45) is 7.24. The average molecular weight is 387 g/mol. The van der Waals surface area contributed by atoms with Gasteiger partial charge in [0.1, 0.15) is 24.3 Å². The van der Waals surface area contributed by atoms with Gasteiger partial charge in [0.05, 0.1) is 6.54 Å². The Morgan fingerprint density at radius 1 is 1.14 bits per heavy atom. The van der Waals surface area contributed by atoms with Crippen molar-refractivity contribution in [2.75, 3.05) is 33.3 Å². The first-order valence-electron chi connectivity index (χ1n) is 10.4. The molecule has 1 N–H and O–H groups in total. The molecule has 1 aromatic carbocycles. The largest absolute Gasteiger partial charge is 0.491 e. The van der Waals surface area contributed by atoms with Crippen LogP contribution in [0.2, 0.25) is 0 Å². The van der Waals surface area contributed by atoms with E-state index in [2.05, 4.69) is 45.5 Å². The number of aliphatic hydroxyl groups excluding tert-OH is 1. The summed E-state index contributed by atoms with van der Waals surface area (Å²) in [5.41, 5.74) is 1.23. The normalized spacial score (nSPS) is 16.4. The second-order valence-electron chi connectivity index (χ2n) is 7.77. The van der Waals surface area contributed by atoms with Gasteiger partial charge < -0.3 is 19.3 Å². The molecule has 2 heterocycles. The molecule has 0 saturated carbocycles. The third kappa shape index (κ3) is 6.33. The molecule has 0 radical (unpaired) electrons. The van der Waals surface area contributed by atoms with Crippen molar-refractivity contribution in [3.05, 3.63) is 48.0 Å². The van der Waals surface area contributed by atoms with Gasteiger partial charge in [-0.1, -0.05) is 18.6 Å². The number of piperidine rings is 1. The fourth-order valence-electron chi connectivity index (χ4n) is 3.76. The molecule has 1 saturated heterocycles. The Morgan fingerprint density at radius 2 is 1.89 bits per heavy atom. The maximum Gasteiger partial charge on any atom is 0.122 e. The number of aromatic nitrogens is 2. The lowest BCUT2D eigenvalue weighted by Gasteiger charge is -2.28. The molecule has 6 heteroatoms. The van der Waals surface area contributed by atoms with Crippen molar-refractivity contribution in [3.8, 4) is 5.75 Å². The number of rotatable bonds is 10. The Hall–Kier alpha value is -1.89. The van der Waals surface area contributed by atoms with Crippen molar-refractivity contribution in [2.45, 2.75) is 51.9 Å². The highest BCUT2D eigenvalue weighted by Gasteiger charge is 2.15. The highest BCUT2D eigenvalue weighted by atomic mass is 16.5. The number of aliphatic hydroxyl groups is 1. The Labute approximate surface area is 168 Å². The monoisotopic (exact) mass is 386 g/mol. The Bertz CT molecular complexity index is 695. The first kappa shape index (κ1) is 20.8. The Morgan fingerprint density at radius 3 is 2.61 bits per heavy atom. The van der Waals surface area contributed by atoms with Gasteiger partial charge in [-0.15, -0.1) is 0 Å². The van der Waals surface area contributed by atoms with Crippen LogP contribution >= 0.6 is 0 Å². The van der Waals surface area contributed by atoms with Crippen molar-refractivity contribution in [3.63, 3.8) is 0 Å². The molecule has 3 rings (SSSR count). The zero-order valence-electron chi connectivity index (χ0n) is 17.3. The minimum Gasteiger partial charge on any atom is -0.491 e. The summed E-state index contributed by atoms with van der Waals surface area (Å²) in [6.45, 7) is 7.99. The minimum absolute atomic E-state index is 0.343. The van der Waals surface area contributed by atoms with E-state index >= 15 is 0 Å². The minimum atomic E-state index is -0.439. The summed E-state index contributed by atoms with van der Waals surface area (Å²) >= 11 is 0. The molecular weight excluding hydrogens is 352 g/mol. The molecule has 1 fully saturated rings. The molecule has 1 aromatic heterocycles. The highest BCUT2D eigenvalue weighted by molar-refractivity contribution is 5.27. The molecule has 2 aromatic rings. The highest BCUT2D eigenvalue weighted by Crippen LogP contribution is 2.15. The second kappa shape index (κ2) is 10.6. The molecule has 0 amide bonds. The number of aryl methyl sites for hydroxylation is 1. The number of hydrogen-bond acceptors (Lipinski definition) is 5. The molecule has 0 spiro atoms. The van der Waals surface area contributed by atoms with Crippen LogP contribution in [0.1, 0.15) is 37.6 Å². The zero-order valence-corrected chi connectivity index (χ0v) is 17.3. The molecule has 154 valence electrons. The van der Waals surface area contributed by atoms with Gasteiger partial charge in [-0.2, -0.15) is 0 Å². The van der Waals surface area contributed by atoms with E-state index in [9.17, 15) is 5.11 Å². The van der Waals surface area contributed by atoms with E-state index in [1.165, 1.54) is 24.8 Å². The molecule has 0 bridgehead atoms. The van der Waals surface area contributed by atoms with Crippen LogP contribution < -0.4 is 4.74 Å². The SMILES string of the molecule is CCn1ccnc1CN(C)Cc1ccc(OC[C@H](O)CN2CCCCC2)cc1. The quantitative estimate of drug-likeness (QED) is 0.680. The second-order valence-corrected chi connectivity index (χ2v) is 7.77. The fourth-order valence-corrected chi connectivity index (χ4v) is 3.76.